The van der Waals surface area contributed by atoms with E-state index < -0.39 is 0 Å². The van der Waals surface area contributed by atoms with Gasteiger partial charge in [0, 0.05) is 24.3 Å². The molecule has 0 heterocycles. The van der Waals surface area contributed by atoms with Crippen molar-refractivity contribution in [3.63, 3.8) is 0 Å². The summed E-state index contributed by atoms with van der Waals surface area (Å²) >= 11 is 0. The SMILES string of the molecule is CCCCN(CCCC)C(=O)c1cc(N)ccc1C.Cl. The molecule has 0 saturated heterocycles. The third-order valence-electron chi connectivity index (χ3n) is 3.34. The number of carbonyl (C=O) groups excluding carboxylic acids is 1. The molecule has 0 atom stereocenters. The number of anilines is 1. The van der Waals surface area contributed by atoms with E-state index in [1.54, 1.807) is 6.07 Å². The van der Waals surface area contributed by atoms with Gasteiger partial charge in [-0.2, -0.15) is 0 Å². The van der Waals surface area contributed by atoms with Gasteiger partial charge in [-0.25, -0.2) is 0 Å². The van der Waals surface area contributed by atoms with Crippen LogP contribution >= 0.6 is 12.4 Å². The molecule has 1 aromatic carbocycles. The van der Waals surface area contributed by atoms with Gasteiger partial charge >= 0.3 is 0 Å². The summed E-state index contributed by atoms with van der Waals surface area (Å²) in [5.41, 5.74) is 8.19. The van der Waals surface area contributed by atoms with Gasteiger partial charge in [0.2, 0.25) is 0 Å². The van der Waals surface area contributed by atoms with Gasteiger partial charge < -0.3 is 10.6 Å². The molecule has 2 N–H and O–H groups in total. The highest BCUT2D eigenvalue weighted by molar-refractivity contribution is 5.96. The summed E-state index contributed by atoms with van der Waals surface area (Å²) < 4.78 is 0. The number of halogens is 1. The highest BCUT2D eigenvalue weighted by Crippen LogP contribution is 2.16. The number of carbonyl (C=O) groups is 1. The van der Waals surface area contributed by atoms with Crippen molar-refractivity contribution < 1.29 is 4.79 Å². The second-order valence-corrected chi connectivity index (χ2v) is 5.07. The Bertz CT molecular complexity index is 413. The van der Waals surface area contributed by atoms with Crippen molar-refractivity contribution in [3.8, 4) is 0 Å². The van der Waals surface area contributed by atoms with Gasteiger partial charge in [-0.15, -0.1) is 12.4 Å². The normalized spacial score (nSPS) is 9.95. The quantitative estimate of drug-likeness (QED) is 0.772. The second kappa shape index (κ2) is 9.65. The van der Waals surface area contributed by atoms with Crippen LogP contribution in [0, 0.1) is 6.92 Å². The van der Waals surface area contributed by atoms with Crippen LogP contribution in [-0.2, 0) is 0 Å². The average Bonchev–Trinajstić information content (AvgIpc) is 2.41. The maximum absolute atomic E-state index is 12.6. The molecule has 4 heteroatoms. The first-order valence-corrected chi connectivity index (χ1v) is 7.25. The Morgan fingerprint density at radius 3 is 2.20 bits per heavy atom. The molecule has 0 saturated carbocycles. The largest absolute Gasteiger partial charge is 0.399 e. The number of rotatable bonds is 7. The Labute approximate surface area is 128 Å². The summed E-state index contributed by atoms with van der Waals surface area (Å²) in [6.07, 6.45) is 4.31. The molecule has 0 aliphatic rings. The van der Waals surface area contributed by atoms with Crippen molar-refractivity contribution in [1.82, 2.24) is 4.90 Å². The number of amides is 1. The predicted octanol–water partition coefficient (Wildman–Crippen LogP) is 4.04. The van der Waals surface area contributed by atoms with E-state index in [1.165, 1.54) is 0 Å². The fourth-order valence-corrected chi connectivity index (χ4v) is 2.05. The Morgan fingerprint density at radius 2 is 1.70 bits per heavy atom. The van der Waals surface area contributed by atoms with Gasteiger partial charge in [0.25, 0.3) is 5.91 Å². The molecule has 0 spiro atoms. The molecule has 0 aliphatic carbocycles. The van der Waals surface area contributed by atoms with E-state index in [0.717, 1.165) is 49.9 Å². The molecular weight excluding hydrogens is 272 g/mol. The fraction of sp³-hybridized carbons (Fsp3) is 0.562. The Balaban J connectivity index is 0.00000361. The van der Waals surface area contributed by atoms with Crippen LogP contribution in [0.25, 0.3) is 0 Å². The standard InChI is InChI=1S/C16H26N2O.ClH/c1-4-6-10-18(11-7-5-2)16(19)15-12-14(17)9-8-13(15)3;/h8-9,12H,4-7,10-11,17H2,1-3H3;1H. The van der Waals surface area contributed by atoms with Gasteiger partial charge in [-0.3, -0.25) is 4.79 Å². The van der Waals surface area contributed by atoms with Crippen LogP contribution in [0.1, 0.15) is 55.5 Å². The zero-order valence-electron chi connectivity index (χ0n) is 12.8. The number of nitrogens with two attached hydrogens (primary N) is 1. The number of unbranched alkanes of at least 4 members (excludes halogenated alkanes) is 2. The van der Waals surface area contributed by atoms with Crippen LogP contribution in [0.4, 0.5) is 5.69 Å². The summed E-state index contributed by atoms with van der Waals surface area (Å²) in [5, 5.41) is 0. The van der Waals surface area contributed by atoms with Gasteiger partial charge in [-0.05, 0) is 37.5 Å². The molecule has 1 amide bonds. The van der Waals surface area contributed by atoms with E-state index >= 15 is 0 Å². The van der Waals surface area contributed by atoms with Crippen LogP contribution in [0.15, 0.2) is 18.2 Å². The first-order chi connectivity index (χ1) is 9.10. The minimum Gasteiger partial charge on any atom is -0.399 e. The van der Waals surface area contributed by atoms with E-state index in [2.05, 4.69) is 13.8 Å². The summed E-state index contributed by atoms with van der Waals surface area (Å²) in [4.78, 5) is 14.6. The van der Waals surface area contributed by atoms with Crippen molar-refractivity contribution in [2.45, 2.75) is 46.5 Å². The van der Waals surface area contributed by atoms with Crippen LogP contribution in [-0.4, -0.2) is 23.9 Å². The Morgan fingerprint density at radius 1 is 1.15 bits per heavy atom. The topological polar surface area (TPSA) is 46.3 Å². The van der Waals surface area contributed by atoms with E-state index in [0.29, 0.717) is 5.69 Å². The number of nitrogens with zero attached hydrogens (tertiary/aromatic N) is 1. The molecular formula is C16H27ClN2O. The van der Waals surface area contributed by atoms with E-state index in [1.807, 2.05) is 24.0 Å². The van der Waals surface area contributed by atoms with Crippen LogP contribution < -0.4 is 5.73 Å². The minimum atomic E-state index is 0. The average molecular weight is 299 g/mol. The van der Waals surface area contributed by atoms with Gasteiger partial charge in [-0.1, -0.05) is 32.8 Å². The van der Waals surface area contributed by atoms with Crippen molar-refractivity contribution in [3.05, 3.63) is 29.3 Å². The zero-order chi connectivity index (χ0) is 14.3. The lowest BCUT2D eigenvalue weighted by atomic mass is 10.1. The summed E-state index contributed by atoms with van der Waals surface area (Å²) in [6.45, 7) is 7.93. The molecule has 0 fully saturated rings. The van der Waals surface area contributed by atoms with Crippen LogP contribution in [0.2, 0.25) is 0 Å². The molecule has 0 aromatic heterocycles. The maximum atomic E-state index is 12.6. The molecule has 3 nitrogen and oxygen atoms in total. The highest BCUT2D eigenvalue weighted by Gasteiger charge is 2.16. The number of hydrogen-bond acceptors (Lipinski definition) is 2. The first kappa shape index (κ1) is 18.8. The third-order valence-corrected chi connectivity index (χ3v) is 3.34. The lowest BCUT2D eigenvalue weighted by Gasteiger charge is -2.23. The van der Waals surface area contributed by atoms with Crippen molar-refractivity contribution in [2.75, 3.05) is 18.8 Å². The van der Waals surface area contributed by atoms with E-state index in [-0.39, 0.29) is 18.3 Å². The van der Waals surface area contributed by atoms with E-state index in [9.17, 15) is 4.79 Å². The summed E-state index contributed by atoms with van der Waals surface area (Å²) in [5.74, 6) is 0.117. The predicted molar refractivity (Wildman–Crippen MR) is 88.6 cm³/mol. The van der Waals surface area contributed by atoms with Gasteiger partial charge in [0.1, 0.15) is 0 Å². The van der Waals surface area contributed by atoms with Crippen molar-refractivity contribution in [2.24, 2.45) is 0 Å². The fourth-order valence-electron chi connectivity index (χ4n) is 2.05. The molecule has 0 aliphatic heterocycles. The van der Waals surface area contributed by atoms with Crippen LogP contribution in [0.3, 0.4) is 0 Å². The third kappa shape index (κ3) is 5.41. The van der Waals surface area contributed by atoms with Crippen LogP contribution in [0.5, 0.6) is 0 Å². The number of benzene rings is 1. The second-order valence-electron chi connectivity index (χ2n) is 5.07. The monoisotopic (exact) mass is 298 g/mol. The summed E-state index contributed by atoms with van der Waals surface area (Å²) in [6, 6.07) is 5.55. The van der Waals surface area contributed by atoms with E-state index in [4.69, 9.17) is 5.73 Å². The van der Waals surface area contributed by atoms with Crippen molar-refractivity contribution in [1.29, 1.82) is 0 Å². The lowest BCUT2D eigenvalue weighted by Crippen LogP contribution is -2.33. The minimum absolute atomic E-state index is 0. The van der Waals surface area contributed by atoms with Gasteiger partial charge in [0.05, 0.1) is 0 Å². The Kier molecular flexibility index (Phi) is 9.06. The molecule has 1 rings (SSSR count). The Hall–Kier alpha value is -1.22. The van der Waals surface area contributed by atoms with Gasteiger partial charge in [0.15, 0.2) is 0 Å². The molecule has 0 radical (unpaired) electrons. The molecule has 20 heavy (non-hydrogen) atoms. The number of hydrogen-bond donors (Lipinski definition) is 1. The maximum Gasteiger partial charge on any atom is 0.254 e. The highest BCUT2D eigenvalue weighted by atomic mass is 35.5. The molecule has 0 unspecified atom stereocenters. The summed E-state index contributed by atoms with van der Waals surface area (Å²) in [7, 11) is 0. The first-order valence-electron chi connectivity index (χ1n) is 7.25. The number of aryl methyl sites for hydroxylation is 1. The van der Waals surface area contributed by atoms with Crippen molar-refractivity contribution >= 4 is 24.0 Å². The smallest absolute Gasteiger partial charge is 0.254 e. The number of nitrogen functional groups attached to an aromatic ring is 1. The molecule has 114 valence electrons. The molecule has 1 aromatic rings. The lowest BCUT2D eigenvalue weighted by molar-refractivity contribution is 0.0750. The molecule has 0 bridgehead atoms. The zero-order valence-corrected chi connectivity index (χ0v) is 13.6.